The van der Waals surface area contributed by atoms with Crippen molar-refractivity contribution in [3.63, 3.8) is 0 Å². The second kappa shape index (κ2) is 9.34. The van der Waals surface area contributed by atoms with Crippen LogP contribution in [0.3, 0.4) is 0 Å². The quantitative estimate of drug-likeness (QED) is 0.756. The highest BCUT2D eigenvalue weighted by Crippen LogP contribution is 2.32. The van der Waals surface area contributed by atoms with Crippen molar-refractivity contribution in [1.82, 2.24) is 9.62 Å². The van der Waals surface area contributed by atoms with Gasteiger partial charge in [-0.2, -0.15) is 0 Å². The average Bonchev–Trinajstić information content (AvgIpc) is 2.99. The molecule has 8 heteroatoms. The van der Waals surface area contributed by atoms with Crippen molar-refractivity contribution in [1.29, 1.82) is 0 Å². The fourth-order valence-corrected chi connectivity index (χ4v) is 4.85. The van der Waals surface area contributed by atoms with Crippen molar-refractivity contribution in [2.75, 3.05) is 46.1 Å². The van der Waals surface area contributed by atoms with Gasteiger partial charge in [0.2, 0.25) is 10.0 Å². The number of morpholine rings is 1. The van der Waals surface area contributed by atoms with Crippen LogP contribution >= 0.6 is 0 Å². The van der Waals surface area contributed by atoms with E-state index in [1.165, 1.54) is 0 Å². The van der Waals surface area contributed by atoms with E-state index in [2.05, 4.69) is 9.62 Å². The van der Waals surface area contributed by atoms with E-state index < -0.39 is 10.0 Å². The number of nitrogens with zero attached hydrogens (tertiary/aromatic N) is 1. The standard InChI is InChI=1S/C22H28N2O5S/c1-17-3-5-18(6-4-17)20(16-24-9-13-27-14-10-24)23-30(25,26)19-7-8-21-22(15-19)29-12-2-11-28-21/h3-8,15,20,23H,2,9-14,16H2,1H3/t20-/m0/s1. The Bertz CT molecular complexity index is 956. The molecule has 0 aliphatic carbocycles. The van der Waals surface area contributed by atoms with Crippen LogP contribution in [0, 0.1) is 6.92 Å². The zero-order valence-corrected chi connectivity index (χ0v) is 18.0. The third-order valence-corrected chi connectivity index (χ3v) is 6.82. The maximum atomic E-state index is 13.2. The van der Waals surface area contributed by atoms with Gasteiger partial charge < -0.3 is 14.2 Å². The molecule has 30 heavy (non-hydrogen) atoms. The molecule has 0 amide bonds. The van der Waals surface area contributed by atoms with Gasteiger partial charge in [0.1, 0.15) is 0 Å². The fraction of sp³-hybridized carbons (Fsp3) is 0.455. The van der Waals surface area contributed by atoms with Crippen LogP contribution in [0.1, 0.15) is 23.6 Å². The molecule has 2 aromatic carbocycles. The van der Waals surface area contributed by atoms with Crippen LogP contribution < -0.4 is 14.2 Å². The Morgan fingerprint density at radius 1 is 0.967 bits per heavy atom. The number of hydrogen-bond acceptors (Lipinski definition) is 6. The molecule has 1 atom stereocenters. The molecule has 7 nitrogen and oxygen atoms in total. The molecule has 1 saturated heterocycles. The normalized spacial score (nSPS) is 18.6. The molecule has 0 spiro atoms. The Kier molecular flexibility index (Phi) is 6.58. The molecule has 0 saturated carbocycles. The first kappa shape index (κ1) is 21.1. The van der Waals surface area contributed by atoms with Gasteiger partial charge in [0.15, 0.2) is 11.5 Å². The number of hydrogen-bond donors (Lipinski definition) is 1. The fourth-order valence-electron chi connectivity index (χ4n) is 3.62. The highest BCUT2D eigenvalue weighted by atomic mass is 32.2. The Balaban J connectivity index is 1.59. The van der Waals surface area contributed by atoms with Crippen molar-refractivity contribution in [2.24, 2.45) is 0 Å². The lowest BCUT2D eigenvalue weighted by atomic mass is 10.1. The summed E-state index contributed by atoms with van der Waals surface area (Å²) in [5.41, 5.74) is 2.07. The molecule has 162 valence electrons. The minimum atomic E-state index is -3.76. The third-order valence-electron chi connectivity index (χ3n) is 5.35. The Morgan fingerprint density at radius 3 is 2.40 bits per heavy atom. The minimum Gasteiger partial charge on any atom is -0.490 e. The number of fused-ring (bicyclic) bond motifs is 1. The number of ether oxygens (including phenoxy) is 3. The van der Waals surface area contributed by atoms with Crippen LogP contribution in [0.5, 0.6) is 11.5 Å². The van der Waals surface area contributed by atoms with E-state index in [-0.39, 0.29) is 10.9 Å². The summed E-state index contributed by atoms with van der Waals surface area (Å²) in [7, 11) is -3.76. The largest absolute Gasteiger partial charge is 0.490 e. The summed E-state index contributed by atoms with van der Waals surface area (Å²) in [5.74, 6) is 1.05. The summed E-state index contributed by atoms with van der Waals surface area (Å²) < 4.78 is 46.1. The van der Waals surface area contributed by atoms with Crippen molar-refractivity contribution in [2.45, 2.75) is 24.3 Å². The van der Waals surface area contributed by atoms with Crippen LogP contribution in [0.2, 0.25) is 0 Å². The van der Waals surface area contributed by atoms with Gasteiger partial charge in [-0.05, 0) is 24.6 Å². The molecule has 2 heterocycles. The topological polar surface area (TPSA) is 77.1 Å². The van der Waals surface area contributed by atoms with E-state index in [4.69, 9.17) is 14.2 Å². The SMILES string of the molecule is Cc1ccc([C@H](CN2CCOCC2)NS(=O)(=O)c2ccc3c(c2)OCCCO3)cc1. The van der Waals surface area contributed by atoms with Gasteiger partial charge in [-0.15, -0.1) is 0 Å². The number of nitrogens with one attached hydrogen (secondary N) is 1. The number of sulfonamides is 1. The minimum absolute atomic E-state index is 0.172. The van der Waals surface area contributed by atoms with Crippen LogP contribution in [0.25, 0.3) is 0 Å². The molecule has 2 aliphatic rings. The molecule has 2 aliphatic heterocycles. The lowest BCUT2D eigenvalue weighted by Gasteiger charge is -2.31. The monoisotopic (exact) mass is 432 g/mol. The number of rotatable bonds is 6. The van der Waals surface area contributed by atoms with E-state index in [0.717, 1.165) is 30.6 Å². The molecule has 0 aromatic heterocycles. The van der Waals surface area contributed by atoms with Gasteiger partial charge in [0.05, 0.1) is 37.4 Å². The van der Waals surface area contributed by atoms with Gasteiger partial charge in [0.25, 0.3) is 0 Å². The smallest absolute Gasteiger partial charge is 0.241 e. The summed E-state index contributed by atoms with van der Waals surface area (Å²) in [4.78, 5) is 2.40. The zero-order valence-electron chi connectivity index (χ0n) is 17.2. The van der Waals surface area contributed by atoms with Gasteiger partial charge in [-0.3, -0.25) is 4.90 Å². The van der Waals surface area contributed by atoms with Crippen LogP contribution in [0.4, 0.5) is 0 Å². The van der Waals surface area contributed by atoms with Gasteiger partial charge in [-0.1, -0.05) is 29.8 Å². The van der Waals surface area contributed by atoms with Crippen molar-refractivity contribution >= 4 is 10.0 Å². The molecule has 1 fully saturated rings. The maximum absolute atomic E-state index is 13.2. The van der Waals surface area contributed by atoms with Crippen LogP contribution in [-0.4, -0.2) is 59.4 Å². The summed E-state index contributed by atoms with van der Waals surface area (Å²) in [6.07, 6.45) is 0.768. The molecule has 0 unspecified atom stereocenters. The van der Waals surface area contributed by atoms with Gasteiger partial charge in [-0.25, -0.2) is 13.1 Å². The van der Waals surface area contributed by atoms with Crippen molar-refractivity contribution in [3.05, 3.63) is 53.6 Å². The van der Waals surface area contributed by atoms with Crippen LogP contribution in [0.15, 0.2) is 47.4 Å². The Labute approximate surface area is 178 Å². The summed E-state index contributed by atoms with van der Waals surface area (Å²) in [5, 5.41) is 0. The van der Waals surface area contributed by atoms with Crippen LogP contribution in [-0.2, 0) is 14.8 Å². The first-order valence-electron chi connectivity index (χ1n) is 10.3. The van der Waals surface area contributed by atoms with Gasteiger partial charge >= 0.3 is 0 Å². The van der Waals surface area contributed by atoms with E-state index in [1.54, 1.807) is 18.2 Å². The molecular formula is C22H28N2O5S. The average molecular weight is 433 g/mol. The Hall–Kier alpha value is -2.13. The first-order chi connectivity index (χ1) is 14.5. The summed E-state index contributed by atoms with van der Waals surface area (Å²) >= 11 is 0. The summed E-state index contributed by atoms with van der Waals surface area (Å²) in [6.45, 7) is 6.56. The van der Waals surface area contributed by atoms with E-state index in [1.807, 2.05) is 31.2 Å². The highest BCUT2D eigenvalue weighted by Gasteiger charge is 2.26. The molecular weight excluding hydrogens is 404 g/mol. The van der Waals surface area contributed by atoms with E-state index >= 15 is 0 Å². The lowest BCUT2D eigenvalue weighted by molar-refractivity contribution is 0.0345. The molecule has 0 radical (unpaired) electrons. The Morgan fingerprint density at radius 2 is 1.67 bits per heavy atom. The van der Waals surface area contributed by atoms with Crippen molar-refractivity contribution in [3.8, 4) is 11.5 Å². The molecule has 0 bridgehead atoms. The predicted octanol–water partition coefficient (Wildman–Crippen LogP) is 2.51. The predicted molar refractivity (Wildman–Crippen MR) is 114 cm³/mol. The summed E-state index contributed by atoms with van der Waals surface area (Å²) in [6, 6.07) is 12.4. The highest BCUT2D eigenvalue weighted by molar-refractivity contribution is 7.89. The number of benzene rings is 2. The maximum Gasteiger partial charge on any atom is 0.241 e. The zero-order chi connectivity index (χ0) is 21.0. The van der Waals surface area contributed by atoms with Crippen molar-refractivity contribution < 1.29 is 22.6 Å². The first-order valence-corrected chi connectivity index (χ1v) is 11.8. The molecule has 2 aromatic rings. The van der Waals surface area contributed by atoms with E-state index in [0.29, 0.717) is 44.5 Å². The molecule has 4 rings (SSSR count). The third kappa shape index (κ3) is 5.13. The number of aryl methyl sites for hydroxylation is 1. The van der Waals surface area contributed by atoms with E-state index in [9.17, 15) is 8.42 Å². The second-order valence-electron chi connectivity index (χ2n) is 7.66. The van der Waals surface area contributed by atoms with Gasteiger partial charge in [0, 0.05) is 32.1 Å². The molecule has 1 N–H and O–H groups in total. The lowest BCUT2D eigenvalue weighted by Crippen LogP contribution is -2.43. The second-order valence-corrected chi connectivity index (χ2v) is 9.37.